The lowest BCUT2D eigenvalue weighted by molar-refractivity contribution is -0.145. The van der Waals surface area contributed by atoms with Crippen LogP contribution >= 0.6 is 0 Å². The van der Waals surface area contributed by atoms with Crippen LogP contribution in [-0.4, -0.2) is 307 Å². The first-order chi connectivity index (χ1) is 69.5. The van der Waals surface area contributed by atoms with Crippen LogP contribution in [0.4, 0.5) is 14.4 Å². The number of likely N-dealkylation sites (tertiary alicyclic amines) is 3. The first-order valence-corrected chi connectivity index (χ1v) is 60.8. The van der Waals surface area contributed by atoms with Gasteiger partial charge in [0.1, 0.15) is 36.3 Å². The molecule has 150 heavy (non-hydrogen) atoms. The van der Waals surface area contributed by atoms with Gasteiger partial charge in [-0.3, -0.25) is 57.5 Å². The van der Waals surface area contributed by atoms with Crippen molar-refractivity contribution in [2.45, 2.75) is 459 Å². The number of hydrogen-bond donors (Lipinski definition) is 12. The van der Waals surface area contributed by atoms with Gasteiger partial charge in [-0.2, -0.15) is 0 Å². The third-order valence-electron chi connectivity index (χ3n) is 35.2. The number of rotatable bonds is 44. The van der Waals surface area contributed by atoms with Crippen LogP contribution < -0.4 is 63.8 Å². The van der Waals surface area contributed by atoms with E-state index in [1.807, 2.05) is 76.2 Å². The second kappa shape index (κ2) is 47.4. The number of sulfonamides is 3. The number of urea groups is 3. The predicted octanol–water partition coefficient (Wildman–Crippen LogP) is 8.85. The highest BCUT2D eigenvalue weighted by atomic mass is 32.2. The van der Waals surface area contributed by atoms with Crippen molar-refractivity contribution in [3.63, 3.8) is 0 Å². The molecular formula is C108H184N18O21S3. The van der Waals surface area contributed by atoms with Crippen LogP contribution in [0.1, 0.15) is 352 Å². The van der Waals surface area contributed by atoms with Gasteiger partial charge < -0.3 is 78.5 Å². The number of fused-ring (bicyclic) bond motifs is 3. The maximum atomic E-state index is 14.5. The highest BCUT2D eigenvalue weighted by molar-refractivity contribution is 7.89. The lowest BCUT2D eigenvalue weighted by Gasteiger charge is -2.41. The van der Waals surface area contributed by atoms with Gasteiger partial charge in [0.05, 0.1) is 52.0 Å². The lowest BCUT2D eigenvalue weighted by atomic mass is 9.83. The van der Waals surface area contributed by atoms with E-state index in [0.29, 0.717) is 89.8 Å². The summed E-state index contributed by atoms with van der Waals surface area (Å²) in [6.07, 6.45) is 21.4. The molecule has 15 amide bonds. The van der Waals surface area contributed by atoms with Gasteiger partial charge in [0.15, 0.2) is 0 Å². The van der Waals surface area contributed by atoms with Crippen molar-refractivity contribution in [2.75, 3.05) is 58.0 Å². The Morgan fingerprint density at radius 1 is 0.340 bits per heavy atom. The predicted molar refractivity (Wildman–Crippen MR) is 572 cm³/mol. The fourth-order valence-corrected chi connectivity index (χ4v) is 29.8. The van der Waals surface area contributed by atoms with Crippen molar-refractivity contribution in [3.05, 3.63) is 0 Å². The number of Topliss-reactive ketones (excluding diaryl/α,β-unsaturated/α-hetero) is 3. The van der Waals surface area contributed by atoms with Crippen LogP contribution in [-0.2, 0) is 87.6 Å². The first-order valence-electron chi connectivity index (χ1n) is 56.0. The van der Waals surface area contributed by atoms with E-state index in [0.717, 1.165) is 122 Å². The van der Waals surface area contributed by atoms with Crippen LogP contribution in [0.3, 0.4) is 0 Å². The molecule has 3 aliphatic heterocycles. The van der Waals surface area contributed by atoms with Crippen molar-refractivity contribution in [2.24, 2.45) is 73.9 Å². The molecule has 0 aromatic rings. The van der Waals surface area contributed by atoms with Crippen molar-refractivity contribution < 1.29 is 97.2 Å². The molecule has 39 nitrogen and oxygen atoms in total. The van der Waals surface area contributed by atoms with E-state index in [9.17, 15) is 97.2 Å². The van der Waals surface area contributed by atoms with E-state index in [1.54, 1.807) is 67.6 Å². The Morgan fingerprint density at radius 2 is 0.587 bits per heavy atom. The zero-order chi connectivity index (χ0) is 112. The van der Waals surface area contributed by atoms with E-state index in [2.05, 4.69) is 105 Å². The fourth-order valence-electron chi connectivity index (χ4n) is 24.0. The molecule has 13 fully saturated rings. The number of carbonyl (C=O) groups is 15. The minimum atomic E-state index is -3.69. The molecule has 3 heterocycles. The minimum Gasteiger partial charge on any atom is -0.347 e. The standard InChI is InChI=1S/C37H62N6O7S.C36H62N6O7S.C35H60N6O7S/c1-22(2)42(8)51(49,50)21-37(18-10-9-11-19-37)41-34(48)40-30(35(3,4)5)33(47)43-20-25-27(36(25,6)7)28(43)31(45)39-26(17-14-23-12-13-23)29(44)32(46)38-24-15-16-24;1-10-11-15-25(28(43)31(45)37-23-16-17-23)38-30(44)27-26-24(35(26,7)8)20-42(27)32(46)29(34(4,5)6)39-33(47)40-36(18-13-12-14-19-36)21-50(48,49)41(9)22(2)3;1-10-14-24(27(42)30(44)36-22-15-16-22)37-29(43)26-25-23(34(25,7)8)19-41(26)31(45)28(33(4,5)6)38-32(46)39-35(17-12-11-13-18-35)20-49(47,48)40(9)21(2)3/h22-28,30H,9-21H2,1-8H3,(H,38,46)(H,39,45)(H2,40,41,48);22-27,29H,10-21H2,1-9H3,(H,37,45)(H,38,44)(H2,39,40,47);21-26,28H,10-20H2,1-9H3,(H,36,44)(H,37,43)(H2,38,39,46)/t25-,26-,27-,28-,30+;24-,25-,26-,27-,29+;23-,24-,25-,26-,28+/m000/s1. The summed E-state index contributed by atoms with van der Waals surface area (Å²) in [5, 5.41) is 34.5. The fraction of sp³-hybridized carbons (Fsp3) is 0.861. The number of amides is 15. The Labute approximate surface area is 893 Å². The topological polar surface area (TPSA) is 522 Å². The summed E-state index contributed by atoms with van der Waals surface area (Å²) >= 11 is 0. The monoisotopic (exact) mass is 2170 g/mol. The average Bonchev–Trinajstić information content (AvgIpc) is 1.53. The second-order valence-corrected chi connectivity index (χ2v) is 58.5. The summed E-state index contributed by atoms with van der Waals surface area (Å²) in [4.78, 5) is 209. The van der Waals surface area contributed by atoms with E-state index in [-0.39, 0.29) is 112 Å². The van der Waals surface area contributed by atoms with Crippen LogP contribution in [0.5, 0.6) is 0 Å². The maximum absolute atomic E-state index is 14.5. The Morgan fingerprint density at radius 3 is 0.807 bits per heavy atom. The van der Waals surface area contributed by atoms with E-state index in [4.69, 9.17) is 0 Å². The molecule has 0 aromatic carbocycles. The largest absolute Gasteiger partial charge is 0.347 e. The Hall–Kier alpha value is -8.22. The van der Waals surface area contributed by atoms with E-state index >= 15 is 0 Å². The van der Waals surface area contributed by atoms with Crippen LogP contribution in [0, 0.1) is 73.9 Å². The van der Waals surface area contributed by atoms with Crippen LogP contribution in [0.25, 0.3) is 0 Å². The highest BCUT2D eigenvalue weighted by Crippen LogP contribution is 2.67. The van der Waals surface area contributed by atoms with Gasteiger partial charge in [0.25, 0.3) is 17.7 Å². The molecule has 0 aromatic heterocycles. The molecule has 13 rings (SSSR count). The number of nitrogens with one attached hydrogen (secondary N) is 12. The van der Waals surface area contributed by atoms with Gasteiger partial charge in [-0.25, -0.2) is 52.6 Å². The number of ketones is 3. The minimum absolute atomic E-state index is 0.00254. The quantitative estimate of drug-likeness (QED) is 0.0253. The molecule has 0 bridgehead atoms. The molecule has 0 radical (unpaired) electrons. The van der Waals surface area contributed by atoms with Crippen molar-refractivity contribution in [1.29, 1.82) is 0 Å². The first kappa shape index (κ1) is 122. The molecule has 10 aliphatic carbocycles. The van der Waals surface area contributed by atoms with Gasteiger partial charge in [-0.15, -0.1) is 0 Å². The number of nitrogens with zero attached hydrogens (tertiary/aromatic N) is 6. The Balaban J connectivity index is 0.000000213. The van der Waals surface area contributed by atoms with E-state index in [1.165, 1.54) is 22.7 Å². The second-order valence-electron chi connectivity index (χ2n) is 52.5. The van der Waals surface area contributed by atoms with Gasteiger partial charge in [0, 0.05) is 77.0 Å². The lowest BCUT2D eigenvalue weighted by Crippen LogP contribution is -2.64. The van der Waals surface area contributed by atoms with E-state index < -0.39 is 206 Å². The molecule has 3 saturated heterocycles. The third-order valence-corrected chi connectivity index (χ3v) is 41.8. The number of unbranched alkanes of at least 4 members (excludes halogenated alkanes) is 1. The van der Waals surface area contributed by atoms with Gasteiger partial charge >= 0.3 is 18.1 Å². The summed E-state index contributed by atoms with van der Waals surface area (Å²) in [5.41, 5.74) is -5.82. The summed E-state index contributed by atoms with van der Waals surface area (Å²) in [5.74, 6) is -7.15. The molecular weight excluding hydrogens is 1980 g/mol. The molecule has 0 spiro atoms. The Kier molecular flexibility index (Phi) is 38.6. The van der Waals surface area contributed by atoms with Crippen molar-refractivity contribution in [3.8, 4) is 0 Å². The number of hydrogen-bond acceptors (Lipinski definition) is 21. The molecule has 0 unspecified atom stereocenters. The zero-order valence-electron chi connectivity index (χ0n) is 94.6. The summed E-state index contributed by atoms with van der Waals surface area (Å²) in [6.45, 7) is 44.6. The van der Waals surface area contributed by atoms with Gasteiger partial charge in [-0.1, -0.05) is 208 Å². The zero-order valence-corrected chi connectivity index (χ0v) is 97.1. The van der Waals surface area contributed by atoms with Crippen molar-refractivity contribution in [1.82, 2.24) is 91.4 Å². The highest BCUT2D eigenvalue weighted by Gasteiger charge is 2.73. The van der Waals surface area contributed by atoms with Crippen molar-refractivity contribution >= 4 is 119 Å². The van der Waals surface area contributed by atoms with Gasteiger partial charge in [0.2, 0.25) is 82.9 Å². The molecule has 12 N–H and O–H groups in total. The van der Waals surface area contributed by atoms with Gasteiger partial charge in [-0.05, 0) is 218 Å². The summed E-state index contributed by atoms with van der Waals surface area (Å²) in [7, 11) is -6.42. The number of piperidine rings is 3. The summed E-state index contributed by atoms with van der Waals surface area (Å²) in [6, 6.07) is -11.2. The maximum Gasteiger partial charge on any atom is 0.315 e. The average molecular weight is 2170 g/mol. The molecule has 850 valence electrons. The van der Waals surface area contributed by atoms with Crippen LogP contribution in [0.15, 0.2) is 0 Å². The molecule has 13 aliphatic rings. The third kappa shape index (κ3) is 29.8. The Bertz CT molecular complexity index is 5300. The SMILES string of the molecule is CC(C)N(C)S(=O)(=O)CC1(NC(=O)N[C@H](C(=O)N2C[C@H]3[C@@H]([C@H]2C(=O)N[C@@H](CCC2CC2)C(=O)C(=O)NC2CC2)C3(C)C)C(C)(C)C)CCCCC1.CCCC[C@H](NC(=O)[C@@H]1[C@@H]2[C@H](CN1C(=O)[C@@H](NC(=O)NC1(CS(=O)(=O)N(C)C(C)C)CCCCC1)C(C)(C)C)C2(C)C)C(=O)C(=O)NC1CC1.CCC[C@H](NC(=O)[C@@H]1[C@@H]2[C@H](CN1C(=O)[C@@H](NC(=O)NC1(CS(=O)(=O)N(C)C(C)C)CCCCC1)C(C)(C)C)C2(C)C)C(=O)C(=O)NC1CC1. The van der Waals surface area contributed by atoms with Crippen LogP contribution in [0.2, 0.25) is 0 Å². The molecule has 15 atom stereocenters. The normalized spacial score (nSPS) is 25.8. The summed E-state index contributed by atoms with van der Waals surface area (Å²) < 4.78 is 84.1. The molecule has 10 saturated carbocycles. The number of carbonyl (C=O) groups excluding carboxylic acids is 15. The smallest absolute Gasteiger partial charge is 0.315 e. The molecule has 42 heteroatoms.